The van der Waals surface area contributed by atoms with Crippen molar-refractivity contribution in [1.29, 1.82) is 0 Å². The second-order valence-electron chi connectivity index (χ2n) is 4.20. The number of hydrogen-bond acceptors (Lipinski definition) is 6. The number of nitrogens with zero attached hydrogens (tertiary/aromatic N) is 3. The average Bonchev–Trinajstić information content (AvgIpc) is 2.66. The van der Waals surface area contributed by atoms with E-state index in [2.05, 4.69) is 14.2 Å². The Morgan fingerprint density at radius 3 is 2.79 bits per heavy atom. The van der Waals surface area contributed by atoms with Gasteiger partial charge in [0.1, 0.15) is 11.0 Å². The Labute approximate surface area is 121 Å². The first kappa shape index (κ1) is 14.8. The van der Waals surface area contributed by atoms with Crippen molar-refractivity contribution in [3.63, 3.8) is 0 Å². The molecule has 1 aromatic heterocycles. The number of rotatable bonds is 5. The number of aromatic nitrogens is 2. The number of fused-ring (bicyclic) bond motifs is 1. The van der Waals surface area contributed by atoms with Crippen molar-refractivity contribution in [3.05, 3.63) is 16.0 Å². The summed E-state index contributed by atoms with van der Waals surface area (Å²) in [6.07, 6.45) is 2.37. The molecule has 0 radical (unpaired) electrons. The summed E-state index contributed by atoms with van der Waals surface area (Å²) >= 11 is 11.8. The second-order valence-corrected chi connectivity index (χ2v) is 6.54. The van der Waals surface area contributed by atoms with Crippen molar-refractivity contribution in [2.24, 2.45) is 0 Å². The highest BCUT2D eigenvalue weighted by Gasteiger charge is 2.24. The SMILES string of the molecule is CS(=O)(=O)OCCCN1CCc2c(Cl)nc(Cl)nc21. The minimum atomic E-state index is -3.38. The summed E-state index contributed by atoms with van der Waals surface area (Å²) in [5.74, 6) is 0.726. The summed E-state index contributed by atoms with van der Waals surface area (Å²) in [4.78, 5) is 10.1. The van der Waals surface area contributed by atoms with Gasteiger partial charge in [0.15, 0.2) is 0 Å². The maximum Gasteiger partial charge on any atom is 0.264 e. The molecule has 0 saturated carbocycles. The van der Waals surface area contributed by atoms with E-state index in [4.69, 9.17) is 23.2 Å². The molecule has 0 spiro atoms. The Bertz CT molecular complexity index is 580. The highest BCUT2D eigenvalue weighted by molar-refractivity contribution is 7.85. The number of halogens is 2. The molecule has 0 amide bonds. The van der Waals surface area contributed by atoms with Crippen LogP contribution in [0.15, 0.2) is 0 Å². The molecule has 0 atom stereocenters. The van der Waals surface area contributed by atoms with E-state index in [0.29, 0.717) is 18.1 Å². The maximum atomic E-state index is 10.8. The van der Waals surface area contributed by atoms with Crippen molar-refractivity contribution < 1.29 is 12.6 Å². The van der Waals surface area contributed by atoms with Crippen molar-refractivity contribution in [2.45, 2.75) is 12.8 Å². The Hall–Kier alpha value is -0.630. The van der Waals surface area contributed by atoms with Gasteiger partial charge < -0.3 is 4.90 Å². The highest BCUT2D eigenvalue weighted by Crippen LogP contribution is 2.31. The third kappa shape index (κ3) is 3.92. The van der Waals surface area contributed by atoms with Crippen LogP contribution in [-0.2, 0) is 20.7 Å². The highest BCUT2D eigenvalue weighted by atomic mass is 35.5. The molecular weight excluding hydrogens is 313 g/mol. The van der Waals surface area contributed by atoms with Crippen molar-refractivity contribution in [1.82, 2.24) is 9.97 Å². The van der Waals surface area contributed by atoms with Crippen LogP contribution in [0, 0.1) is 0 Å². The molecule has 6 nitrogen and oxygen atoms in total. The van der Waals surface area contributed by atoms with Gasteiger partial charge >= 0.3 is 0 Å². The van der Waals surface area contributed by atoms with Crippen LogP contribution in [0.5, 0.6) is 0 Å². The zero-order valence-corrected chi connectivity index (χ0v) is 12.6. The normalized spacial score (nSPS) is 14.8. The fourth-order valence-electron chi connectivity index (χ4n) is 1.93. The molecule has 1 aliphatic heterocycles. The van der Waals surface area contributed by atoms with Crippen LogP contribution in [0.3, 0.4) is 0 Å². The van der Waals surface area contributed by atoms with Gasteiger partial charge in [-0.05, 0) is 24.4 Å². The summed E-state index contributed by atoms with van der Waals surface area (Å²) in [6.45, 7) is 1.55. The lowest BCUT2D eigenvalue weighted by Gasteiger charge is -2.17. The zero-order chi connectivity index (χ0) is 14.0. The van der Waals surface area contributed by atoms with Gasteiger partial charge in [-0.15, -0.1) is 0 Å². The van der Waals surface area contributed by atoms with Gasteiger partial charge in [-0.3, -0.25) is 4.18 Å². The molecule has 0 bridgehead atoms. The molecule has 0 aliphatic carbocycles. The molecule has 9 heteroatoms. The molecule has 1 aliphatic rings. The van der Waals surface area contributed by atoms with Gasteiger partial charge in [-0.1, -0.05) is 11.6 Å². The molecular formula is C10H13Cl2N3O3S. The summed E-state index contributed by atoms with van der Waals surface area (Å²) in [7, 11) is -3.38. The quantitative estimate of drug-likeness (QED) is 0.353. The molecule has 0 saturated heterocycles. The van der Waals surface area contributed by atoms with E-state index in [9.17, 15) is 8.42 Å². The third-order valence-corrected chi connectivity index (χ3v) is 3.79. The van der Waals surface area contributed by atoms with Crippen molar-refractivity contribution in [2.75, 3.05) is 30.9 Å². The van der Waals surface area contributed by atoms with E-state index in [-0.39, 0.29) is 11.9 Å². The van der Waals surface area contributed by atoms with Gasteiger partial charge in [0, 0.05) is 18.7 Å². The van der Waals surface area contributed by atoms with E-state index in [1.807, 2.05) is 4.90 Å². The van der Waals surface area contributed by atoms with E-state index in [1.165, 1.54) is 0 Å². The number of hydrogen-bond donors (Lipinski definition) is 0. The first-order valence-corrected chi connectivity index (χ1v) is 8.25. The zero-order valence-electron chi connectivity index (χ0n) is 10.3. The molecule has 2 heterocycles. The standard InChI is InChI=1S/C10H13Cl2N3O3S/c1-19(16,17)18-6-2-4-15-5-3-7-8(11)13-10(12)14-9(7)15/h2-6H2,1H3. The first-order chi connectivity index (χ1) is 8.87. The van der Waals surface area contributed by atoms with Crippen LogP contribution in [-0.4, -0.2) is 44.3 Å². The molecule has 2 rings (SSSR count). The van der Waals surface area contributed by atoms with Gasteiger partial charge in [-0.2, -0.15) is 8.42 Å². The summed E-state index contributed by atoms with van der Waals surface area (Å²) in [5, 5.41) is 0.493. The Kier molecular flexibility index (Phi) is 4.50. The van der Waals surface area contributed by atoms with Crippen LogP contribution >= 0.6 is 23.2 Å². The Morgan fingerprint density at radius 2 is 2.11 bits per heavy atom. The molecule has 106 valence electrons. The van der Waals surface area contributed by atoms with E-state index in [1.54, 1.807) is 0 Å². The van der Waals surface area contributed by atoms with Crippen LogP contribution < -0.4 is 4.90 Å². The van der Waals surface area contributed by atoms with Gasteiger partial charge in [0.05, 0.1) is 12.9 Å². The Morgan fingerprint density at radius 1 is 1.37 bits per heavy atom. The predicted molar refractivity (Wildman–Crippen MR) is 73.4 cm³/mol. The minimum absolute atomic E-state index is 0.114. The van der Waals surface area contributed by atoms with Crippen LogP contribution in [0.4, 0.5) is 5.82 Å². The fraction of sp³-hybridized carbons (Fsp3) is 0.600. The second kappa shape index (κ2) is 5.78. The Balaban J connectivity index is 1.95. The molecule has 0 fully saturated rings. The molecule has 1 aromatic rings. The lowest BCUT2D eigenvalue weighted by molar-refractivity contribution is 0.317. The fourth-order valence-corrected chi connectivity index (χ4v) is 2.82. The van der Waals surface area contributed by atoms with Gasteiger partial charge in [-0.25, -0.2) is 9.97 Å². The van der Waals surface area contributed by atoms with Crippen molar-refractivity contribution in [3.8, 4) is 0 Å². The largest absolute Gasteiger partial charge is 0.356 e. The lowest BCUT2D eigenvalue weighted by atomic mass is 10.3. The van der Waals surface area contributed by atoms with Crippen molar-refractivity contribution >= 4 is 39.1 Å². The monoisotopic (exact) mass is 325 g/mol. The smallest absolute Gasteiger partial charge is 0.264 e. The van der Waals surface area contributed by atoms with Crippen LogP contribution in [0.25, 0.3) is 0 Å². The third-order valence-electron chi connectivity index (χ3n) is 2.71. The van der Waals surface area contributed by atoms with E-state index < -0.39 is 10.1 Å². The van der Waals surface area contributed by atoms with Crippen LogP contribution in [0.1, 0.15) is 12.0 Å². The minimum Gasteiger partial charge on any atom is -0.356 e. The van der Waals surface area contributed by atoms with E-state index in [0.717, 1.165) is 30.6 Å². The molecule has 19 heavy (non-hydrogen) atoms. The lowest BCUT2D eigenvalue weighted by Crippen LogP contribution is -2.24. The maximum absolute atomic E-state index is 10.8. The molecule has 0 unspecified atom stereocenters. The first-order valence-electron chi connectivity index (χ1n) is 5.68. The average molecular weight is 326 g/mol. The summed E-state index contributed by atoms with van der Waals surface area (Å²) < 4.78 is 26.3. The predicted octanol–water partition coefficient (Wildman–Crippen LogP) is 1.51. The topological polar surface area (TPSA) is 72.4 Å². The molecule has 0 N–H and O–H groups in total. The van der Waals surface area contributed by atoms with Gasteiger partial charge in [0.25, 0.3) is 10.1 Å². The van der Waals surface area contributed by atoms with E-state index >= 15 is 0 Å². The molecule has 0 aromatic carbocycles. The van der Waals surface area contributed by atoms with Gasteiger partial charge in [0.2, 0.25) is 5.28 Å². The van der Waals surface area contributed by atoms with Crippen LogP contribution in [0.2, 0.25) is 10.4 Å². The summed E-state index contributed by atoms with van der Waals surface area (Å²) in [5.41, 5.74) is 0.884. The summed E-state index contributed by atoms with van der Waals surface area (Å²) in [6, 6.07) is 0. The number of anilines is 1.